The minimum absolute atomic E-state index is 0.0613. The van der Waals surface area contributed by atoms with Crippen LogP contribution in [0.25, 0.3) is 0 Å². The molecule has 0 saturated heterocycles. The zero-order chi connectivity index (χ0) is 20.9. The Hall–Kier alpha value is -2.44. The number of esters is 1. The largest absolute Gasteiger partial charge is 0.466 e. The minimum atomic E-state index is -4.46. The molecule has 2 aliphatic rings. The van der Waals surface area contributed by atoms with Gasteiger partial charge in [-0.25, -0.2) is 4.79 Å². The van der Waals surface area contributed by atoms with Gasteiger partial charge in [-0.3, -0.25) is 9.79 Å². The molecule has 0 spiro atoms. The first-order valence-corrected chi connectivity index (χ1v) is 9.01. The highest BCUT2D eigenvalue weighted by molar-refractivity contribution is 6.12. The maximum Gasteiger partial charge on any atom is 0.416 e. The number of benzene rings is 1. The Morgan fingerprint density at radius 3 is 2.29 bits per heavy atom. The predicted molar refractivity (Wildman–Crippen MR) is 97.8 cm³/mol. The van der Waals surface area contributed by atoms with Gasteiger partial charge in [-0.15, -0.1) is 0 Å². The van der Waals surface area contributed by atoms with Gasteiger partial charge < -0.3 is 4.74 Å². The number of methoxy groups -OCH3 is 1. The van der Waals surface area contributed by atoms with Crippen LogP contribution in [0.3, 0.4) is 0 Å². The third-order valence-corrected chi connectivity index (χ3v) is 5.37. The van der Waals surface area contributed by atoms with Gasteiger partial charge in [0.05, 0.1) is 24.2 Å². The van der Waals surface area contributed by atoms with E-state index in [-0.39, 0.29) is 16.8 Å². The summed E-state index contributed by atoms with van der Waals surface area (Å²) >= 11 is 0. The summed E-state index contributed by atoms with van der Waals surface area (Å²) in [6.07, 6.45) is -3.55. The zero-order valence-corrected chi connectivity index (χ0v) is 16.2. The smallest absolute Gasteiger partial charge is 0.416 e. The lowest BCUT2D eigenvalue weighted by molar-refractivity contribution is -0.138. The van der Waals surface area contributed by atoms with E-state index in [1.807, 2.05) is 13.8 Å². The molecule has 1 saturated carbocycles. The second-order valence-electron chi connectivity index (χ2n) is 8.15. The third kappa shape index (κ3) is 3.62. The van der Waals surface area contributed by atoms with Crippen molar-refractivity contribution in [1.29, 1.82) is 0 Å². The second-order valence-corrected chi connectivity index (χ2v) is 8.15. The molecule has 0 aromatic heterocycles. The molecular weight excluding hydrogens is 371 g/mol. The molecule has 1 aliphatic heterocycles. The van der Waals surface area contributed by atoms with Crippen molar-refractivity contribution in [3.05, 3.63) is 46.7 Å². The van der Waals surface area contributed by atoms with Crippen molar-refractivity contribution < 1.29 is 27.5 Å². The van der Waals surface area contributed by atoms with E-state index in [0.29, 0.717) is 29.8 Å². The molecule has 0 amide bonds. The molecule has 1 aliphatic carbocycles. The number of fused-ring (bicyclic) bond motifs is 1. The van der Waals surface area contributed by atoms with Gasteiger partial charge in [-0.2, -0.15) is 13.2 Å². The number of halogens is 3. The molecule has 150 valence electrons. The highest BCUT2D eigenvalue weighted by atomic mass is 19.4. The average Bonchev–Trinajstić information content (AvgIpc) is 2.58. The number of rotatable bonds is 2. The van der Waals surface area contributed by atoms with Crippen LogP contribution in [0.1, 0.15) is 50.7 Å². The molecule has 1 fully saturated rings. The van der Waals surface area contributed by atoms with E-state index < -0.39 is 29.5 Å². The fraction of sp³-hybridized carbons (Fsp3) is 0.476. The lowest BCUT2D eigenvalue weighted by Crippen LogP contribution is -2.44. The van der Waals surface area contributed by atoms with Crippen LogP contribution in [0.2, 0.25) is 0 Å². The molecule has 1 aromatic rings. The fourth-order valence-corrected chi connectivity index (χ4v) is 4.21. The van der Waals surface area contributed by atoms with E-state index in [0.717, 1.165) is 12.1 Å². The Morgan fingerprint density at radius 1 is 1.14 bits per heavy atom. The van der Waals surface area contributed by atoms with Crippen molar-refractivity contribution in [2.45, 2.75) is 45.7 Å². The number of nitrogens with zero attached hydrogens (tertiary/aromatic N) is 1. The number of alkyl halides is 3. The first kappa shape index (κ1) is 20.3. The predicted octanol–water partition coefficient (Wildman–Crippen LogP) is 4.70. The normalized spacial score (nSPS) is 24.5. The Bertz CT molecular complexity index is 879. The number of ketones is 1. The summed E-state index contributed by atoms with van der Waals surface area (Å²) in [7, 11) is 1.23. The Labute approximate surface area is 161 Å². The first-order valence-electron chi connectivity index (χ1n) is 9.01. The van der Waals surface area contributed by atoms with Crippen LogP contribution in [-0.2, 0) is 20.5 Å². The Balaban J connectivity index is 2.14. The summed E-state index contributed by atoms with van der Waals surface area (Å²) < 4.78 is 43.7. The molecule has 3 rings (SSSR count). The number of allylic oxidation sites excluding steroid dienone is 1. The molecule has 28 heavy (non-hydrogen) atoms. The van der Waals surface area contributed by atoms with E-state index in [9.17, 15) is 22.8 Å². The van der Waals surface area contributed by atoms with Crippen LogP contribution in [0.4, 0.5) is 13.2 Å². The van der Waals surface area contributed by atoms with Gasteiger partial charge in [0.2, 0.25) is 0 Å². The lowest BCUT2D eigenvalue weighted by atomic mass is 9.63. The van der Waals surface area contributed by atoms with Crippen molar-refractivity contribution in [3.8, 4) is 0 Å². The van der Waals surface area contributed by atoms with Crippen molar-refractivity contribution >= 4 is 17.5 Å². The van der Waals surface area contributed by atoms with Crippen LogP contribution in [0, 0.1) is 11.3 Å². The molecule has 2 unspecified atom stereocenters. The molecule has 7 heteroatoms. The summed E-state index contributed by atoms with van der Waals surface area (Å²) in [5.41, 5.74) is 0.782. The van der Waals surface area contributed by atoms with Gasteiger partial charge in [-0.1, -0.05) is 26.0 Å². The zero-order valence-electron chi connectivity index (χ0n) is 16.2. The van der Waals surface area contributed by atoms with Crippen molar-refractivity contribution in [2.75, 3.05) is 7.11 Å². The molecule has 1 heterocycles. The number of hydrogen-bond acceptors (Lipinski definition) is 4. The van der Waals surface area contributed by atoms with E-state index in [2.05, 4.69) is 4.99 Å². The second kappa shape index (κ2) is 6.87. The maximum atomic E-state index is 13.0. The number of hydrogen-bond donors (Lipinski definition) is 0. The molecule has 4 nitrogen and oxygen atoms in total. The molecular formula is C21H22F3NO3. The quantitative estimate of drug-likeness (QED) is 0.685. The van der Waals surface area contributed by atoms with Crippen molar-refractivity contribution in [3.63, 3.8) is 0 Å². The van der Waals surface area contributed by atoms with Gasteiger partial charge in [0, 0.05) is 23.7 Å². The van der Waals surface area contributed by atoms with Gasteiger partial charge in [0.1, 0.15) is 5.78 Å². The first-order chi connectivity index (χ1) is 12.9. The van der Waals surface area contributed by atoms with Gasteiger partial charge >= 0.3 is 12.1 Å². The number of Topliss-reactive ketones (excluding diaryl/α,β-unsaturated/α-hetero) is 1. The molecule has 1 aromatic carbocycles. The monoisotopic (exact) mass is 393 g/mol. The van der Waals surface area contributed by atoms with Crippen LogP contribution in [-0.4, -0.2) is 24.6 Å². The standard InChI is InChI=1S/C21H22F3NO3/c1-11-16(19(27)28-4)17(12-5-7-13(8-6-12)21(22,23)24)18-14(25-11)9-20(2,3)10-15(18)26/h5-8,17-18H,9-10H2,1-4H3. The summed E-state index contributed by atoms with van der Waals surface area (Å²) in [5, 5.41) is 0. The van der Waals surface area contributed by atoms with Crippen molar-refractivity contribution in [1.82, 2.24) is 0 Å². The van der Waals surface area contributed by atoms with Gasteiger partial charge in [0.15, 0.2) is 0 Å². The summed E-state index contributed by atoms with van der Waals surface area (Å²) in [6, 6.07) is 4.61. The van der Waals surface area contributed by atoms with E-state index in [4.69, 9.17) is 4.74 Å². The third-order valence-electron chi connectivity index (χ3n) is 5.37. The Morgan fingerprint density at radius 2 is 1.75 bits per heavy atom. The van der Waals surface area contributed by atoms with Crippen LogP contribution in [0.5, 0.6) is 0 Å². The molecule has 0 radical (unpaired) electrons. The number of ether oxygens (including phenoxy) is 1. The van der Waals surface area contributed by atoms with Gasteiger partial charge in [0.25, 0.3) is 0 Å². The van der Waals surface area contributed by atoms with Crippen molar-refractivity contribution in [2.24, 2.45) is 16.3 Å². The highest BCUT2D eigenvalue weighted by Gasteiger charge is 2.47. The van der Waals surface area contributed by atoms with E-state index in [1.165, 1.54) is 19.2 Å². The highest BCUT2D eigenvalue weighted by Crippen LogP contribution is 2.47. The fourth-order valence-electron chi connectivity index (χ4n) is 4.21. The minimum Gasteiger partial charge on any atom is -0.466 e. The molecule has 0 bridgehead atoms. The molecule has 0 N–H and O–H groups in total. The number of carbonyl (C=O) groups is 2. The van der Waals surface area contributed by atoms with Gasteiger partial charge in [-0.05, 0) is 36.5 Å². The number of aliphatic imine (C=N–C) groups is 1. The summed E-state index contributed by atoms with van der Waals surface area (Å²) in [4.78, 5) is 30.0. The van der Waals surface area contributed by atoms with E-state index >= 15 is 0 Å². The van der Waals surface area contributed by atoms with E-state index in [1.54, 1.807) is 6.92 Å². The van der Waals surface area contributed by atoms with Crippen LogP contribution < -0.4 is 0 Å². The summed E-state index contributed by atoms with van der Waals surface area (Å²) in [6.45, 7) is 5.62. The lowest BCUT2D eigenvalue weighted by Gasteiger charge is -2.41. The van der Waals surface area contributed by atoms with Crippen LogP contribution in [0.15, 0.2) is 40.5 Å². The summed E-state index contributed by atoms with van der Waals surface area (Å²) in [5.74, 6) is -2.05. The average molecular weight is 393 g/mol. The Kier molecular flexibility index (Phi) is 4.98. The SMILES string of the molecule is COC(=O)C1=C(C)N=C2CC(C)(C)CC(=O)C2C1c1ccc(C(F)(F)F)cc1. The topological polar surface area (TPSA) is 55.7 Å². The molecule has 2 atom stereocenters. The maximum absolute atomic E-state index is 13.0. The van der Waals surface area contributed by atoms with Crippen LogP contribution >= 0.6 is 0 Å². The number of carbonyl (C=O) groups excluding carboxylic acids is 2.